The molecule has 1 aromatic carbocycles. The van der Waals surface area contributed by atoms with Crippen LogP contribution in [0.25, 0.3) is 0 Å². The third kappa shape index (κ3) is 3.47. The summed E-state index contributed by atoms with van der Waals surface area (Å²) in [4.78, 5) is 2.20. The summed E-state index contributed by atoms with van der Waals surface area (Å²) in [6.07, 6.45) is 0. The summed E-state index contributed by atoms with van der Waals surface area (Å²) < 4.78 is 1.69. The number of phenols is 1. The van der Waals surface area contributed by atoms with Crippen molar-refractivity contribution in [3.05, 3.63) is 26.6 Å². The van der Waals surface area contributed by atoms with Gasteiger partial charge in [0.1, 0.15) is 5.75 Å². The Morgan fingerprint density at radius 1 is 1.25 bits per heavy atom. The molecule has 1 aromatic rings. The van der Waals surface area contributed by atoms with Crippen molar-refractivity contribution in [1.29, 1.82) is 0 Å². The van der Waals surface area contributed by atoms with Gasteiger partial charge in [-0.2, -0.15) is 0 Å². The van der Waals surface area contributed by atoms with Gasteiger partial charge in [0, 0.05) is 22.1 Å². The van der Waals surface area contributed by atoms with Crippen molar-refractivity contribution in [2.24, 2.45) is 0 Å². The first-order valence-corrected chi connectivity index (χ1v) is 6.68. The molecule has 0 bridgehead atoms. The maximum absolute atomic E-state index is 9.94. The third-order valence-corrected chi connectivity index (χ3v) is 3.72. The molecule has 0 aromatic heterocycles. The summed E-state index contributed by atoms with van der Waals surface area (Å²) in [6.45, 7) is 7.17. The monoisotopic (exact) mass is 349 g/mol. The Labute approximate surface area is 114 Å². The van der Waals surface area contributed by atoms with Gasteiger partial charge in [-0.25, -0.2) is 0 Å². The molecule has 0 atom stereocenters. The van der Waals surface area contributed by atoms with E-state index in [0.29, 0.717) is 12.3 Å². The van der Waals surface area contributed by atoms with E-state index in [1.807, 2.05) is 19.2 Å². The zero-order chi connectivity index (χ0) is 12.5. The van der Waals surface area contributed by atoms with Crippen molar-refractivity contribution in [2.45, 2.75) is 32.9 Å². The lowest BCUT2D eigenvalue weighted by molar-refractivity contribution is 0.166. The van der Waals surface area contributed by atoms with Crippen molar-refractivity contribution >= 4 is 31.9 Å². The van der Waals surface area contributed by atoms with E-state index >= 15 is 0 Å². The molecule has 0 saturated carbocycles. The van der Waals surface area contributed by atoms with E-state index in [1.165, 1.54) is 0 Å². The Morgan fingerprint density at radius 3 is 2.31 bits per heavy atom. The summed E-state index contributed by atoms with van der Waals surface area (Å²) in [6, 6.07) is 3.79. The molecule has 0 spiro atoms. The highest BCUT2D eigenvalue weighted by atomic mass is 79.9. The molecule has 0 aliphatic carbocycles. The fraction of sp³-hybridized carbons (Fsp3) is 0.500. The highest BCUT2D eigenvalue weighted by molar-refractivity contribution is 9.11. The first-order chi connectivity index (χ1) is 7.21. The van der Waals surface area contributed by atoms with Crippen LogP contribution in [-0.4, -0.2) is 22.6 Å². The molecular weight excluding hydrogens is 334 g/mol. The van der Waals surface area contributed by atoms with E-state index in [4.69, 9.17) is 0 Å². The molecule has 0 fully saturated rings. The number of rotatable bonds is 2. The molecule has 4 heteroatoms. The Hall–Kier alpha value is -0.0600. The van der Waals surface area contributed by atoms with Gasteiger partial charge in [-0.1, -0.05) is 15.9 Å². The Bertz CT molecular complexity index is 385. The molecule has 0 unspecified atom stereocenters. The van der Waals surface area contributed by atoms with Crippen LogP contribution in [0.4, 0.5) is 0 Å². The number of phenolic OH excluding ortho intramolecular Hbond substituents is 1. The standard InChI is InChI=1S/C12H17Br2NO/c1-12(2,3)15(4)7-8-5-9(13)6-10(14)11(8)16/h5-6,16H,7H2,1-4H3. The van der Waals surface area contributed by atoms with Crippen LogP contribution in [0.5, 0.6) is 5.75 Å². The summed E-state index contributed by atoms with van der Waals surface area (Å²) in [5.74, 6) is 0.319. The van der Waals surface area contributed by atoms with Crippen LogP contribution in [0.2, 0.25) is 0 Å². The van der Waals surface area contributed by atoms with E-state index in [2.05, 4.69) is 57.5 Å². The van der Waals surface area contributed by atoms with Crippen LogP contribution < -0.4 is 0 Å². The molecule has 16 heavy (non-hydrogen) atoms. The van der Waals surface area contributed by atoms with Crippen LogP contribution in [0.1, 0.15) is 26.3 Å². The second-order valence-electron chi connectivity index (χ2n) is 4.92. The molecule has 90 valence electrons. The average Bonchev–Trinajstić information content (AvgIpc) is 2.11. The third-order valence-electron chi connectivity index (χ3n) is 2.66. The number of hydrogen-bond donors (Lipinski definition) is 1. The molecule has 1 rings (SSSR count). The molecule has 0 radical (unpaired) electrons. The van der Waals surface area contributed by atoms with E-state index in [1.54, 1.807) is 0 Å². The molecular formula is C12H17Br2NO. The SMILES string of the molecule is CN(Cc1cc(Br)cc(Br)c1O)C(C)(C)C. The Morgan fingerprint density at radius 2 is 1.81 bits per heavy atom. The minimum atomic E-state index is 0.0846. The molecule has 1 N–H and O–H groups in total. The number of nitrogens with zero attached hydrogens (tertiary/aromatic N) is 1. The van der Waals surface area contributed by atoms with Crippen LogP contribution in [0.15, 0.2) is 21.1 Å². The smallest absolute Gasteiger partial charge is 0.134 e. The first kappa shape index (κ1) is 14.0. The second-order valence-corrected chi connectivity index (χ2v) is 6.69. The Balaban J connectivity index is 2.98. The predicted octanol–water partition coefficient (Wildman–Crippen LogP) is 4.15. The maximum Gasteiger partial charge on any atom is 0.134 e. The van der Waals surface area contributed by atoms with Gasteiger partial charge < -0.3 is 5.11 Å². The predicted molar refractivity (Wildman–Crippen MR) is 74.7 cm³/mol. The van der Waals surface area contributed by atoms with E-state index in [-0.39, 0.29) is 5.54 Å². The van der Waals surface area contributed by atoms with Gasteiger partial charge in [0.2, 0.25) is 0 Å². The van der Waals surface area contributed by atoms with Crippen LogP contribution in [0.3, 0.4) is 0 Å². The molecule has 0 saturated heterocycles. The molecule has 0 aliphatic heterocycles. The second kappa shape index (κ2) is 5.07. The molecule has 0 amide bonds. The van der Waals surface area contributed by atoms with Crippen molar-refractivity contribution in [2.75, 3.05) is 7.05 Å². The van der Waals surface area contributed by atoms with Gasteiger partial charge >= 0.3 is 0 Å². The molecule has 0 heterocycles. The van der Waals surface area contributed by atoms with Crippen LogP contribution in [-0.2, 0) is 6.54 Å². The summed E-state index contributed by atoms with van der Waals surface area (Å²) in [7, 11) is 2.05. The lowest BCUT2D eigenvalue weighted by atomic mass is 10.1. The van der Waals surface area contributed by atoms with Gasteiger partial charge in [0.05, 0.1) is 4.47 Å². The summed E-state index contributed by atoms with van der Waals surface area (Å²) in [5, 5.41) is 9.94. The van der Waals surface area contributed by atoms with E-state index in [0.717, 1.165) is 14.5 Å². The van der Waals surface area contributed by atoms with Gasteiger partial charge in [0.15, 0.2) is 0 Å². The number of halogens is 2. The normalized spacial score (nSPS) is 12.2. The topological polar surface area (TPSA) is 23.5 Å². The first-order valence-electron chi connectivity index (χ1n) is 5.10. The number of hydrogen-bond acceptors (Lipinski definition) is 2. The van der Waals surface area contributed by atoms with Crippen LogP contribution in [0, 0.1) is 0 Å². The van der Waals surface area contributed by atoms with Crippen molar-refractivity contribution in [1.82, 2.24) is 4.90 Å². The Kier molecular flexibility index (Phi) is 4.43. The lowest BCUT2D eigenvalue weighted by Crippen LogP contribution is -2.37. The van der Waals surface area contributed by atoms with E-state index in [9.17, 15) is 5.11 Å². The highest BCUT2D eigenvalue weighted by Gasteiger charge is 2.19. The quantitative estimate of drug-likeness (QED) is 0.866. The van der Waals surface area contributed by atoms with Gasteiger partial charge in [0.25, 0.3) is 0 Å². The van der Waals surface area contributed by atoms with Gasteiger partial charge in [-0.05, 0) is 55.9 Å². The van der Waals surface area contributed by atoms with Gasteiger partial charge in [-0.15, -0.1) is 0 Å². The van der Waals surface area contributed by atoms with Crippen molar-refractivity contribution < 1.29 is 5.11 Å². The number of benzene rings is 1. The summed E-state index contributed by atoms with van der Waals surface area (Å²) >= 11 is 6.77. The zero-order valence-electron chi connectivity index (χ0n) is 10.0. The largest absolute Gasteiger partial charge is 0.506 e. The lowest BCUT2D eigenvalue weighted by Gasteiger charge is -2.32. The average molecular weight is 351 g/mol. The van der Waals surface area contributed by atoms with Crippen molar-refractivity contribution in [3.8, 4) is 5.75 Å². The fourth-order valence-corrected chi connectivity index (χ4v) is 2.55. The fourth-order valence-electron chi connectivity index (χ4n) is 1.23. The van der Waals surface area contributed by atoms with Gasteiger partial charge in [-0.3, -0.25) is 4.90 Å². The van der Waals surface area contributed by atoms with Crippen LogP contribution >= 0.6 is 31.9 Å². The minimum Gasteiger partial charge on any atom is -0.506 e. The van der Waals surface area contributed by atoms with E-state index < -0.39 is 0 Å². The maximum atomic E-state index is 9.94. The number of aromatic hydroxyl groups is 1. The minimum absolute atomic E-state index is 0.0846. The highest BCUT2D eigenvalue weighted by Crippen LogP contribution is 2.33. The zero-order valence-corrected chi connectivity index (χ0v) is 13.2. The molecule has 0 aliphatic rings. The van der Waals surface area contributed by atoms with Crippen molar-refractivity contribution in [3.63, 3.8) is 0 Å². The molecule has 2 nitrogen and oxygen atoms in total. The summed E-state index contributed by atoms with van der Waals surface area (Å²) in [5.41, 5.74) is 1.000.